The van der Waals surface area contributed by atoms with Gasteiger partial charge in [-0.25, -0.2) is 0 Å². The van der Waals surface area contributed by atoms with Crippen LogP contribution in [0.2, 0.25) is 0 Å². The Labute approximate surface area is 125 Å². The van der Waals surface area contributed by atoms with Gasteiger partial charge >= 0.3 is 6.18 Å². The van der Waals surface area contributed by atoms with E-state index in [1.807, 2.05) is 6.26 Å². The number of thioether (sulfide) groups is 1. The second-order valence-electron chi connectivity index (χ2n) is 4.84. The molecule has 1 aromatic rings. The zero-order chi connectivity index (χ0) is 15.5. The van der Waals surface area contributed by atoms with E-state index in [0.717, 1.165) is 24.3 Å². The Balaban J connectivity index is 2.10. The maximum Gasteiger partial charge on any atom is 0.416 e. The van der Waals surface area contributed by atoms with Crippen molar-refractivity contribution in [2.75, 3.05) is 25.1 Å². The summed E-state index contributed by atoms with van der Waals surface area (Å²) >= 11 is 1.70. The predicted molar refractivity (Wildman–Crippen MR) is 76.9 cm³/mol. The molecule has 7 heteroatoms. The van der Waals surface area contributed by atoms with E-state index >= 15 is 0 Å². The minimum atomic E-state index is -4.34. The highest BCUT2D eigenvalue weighted by Gasteiger charge is 2.33. The van der Waals surface area contributed by atoms with Crippen LogP contribution in [0.25, 0.3) is 0 Å². The number of carbonyl (C=O) groups excluding carboxylic acids is 1. The molecule has 0 spiro atoms. The molecule has 0 radical (unpaired) electrons. The molecular weight excluding hydrogens is 301 g/mol. The molecule has 1 fully saturated rings. The summed E-state index contributed by atoms with van der Waals surface area (Å²) in [6.07, 6.45) is -1.81. The van der Waals surface area contributed by atoms with E-state index in [2.05, 4.69) is 5.32 Å². The Morgan fingerprint density at radius 3 is 2.57 bits per heavy atom. The van der Waals surface area contributed by atoms with Crippen LogP contribution in [-0.2, 0) is 11.0 Å². The molecule has 21 heavy (non-hydrogen) atoms. The number of alkyl halides is 3. The van der Waals surface area contributed by atoms with Crippen LogP contribution in [-0.4, -0.2) is 35.9 Å². The number of nitrogens with zero attached hydrogens (tertiary/aromatic N) is 1. The van der Waals surface area contributed by atoms with Crippen molar-refractivity contribution in [2.24, 2.45) is 0 Å². The lowest BCUT2D eigenvalue weighted by Crippen LogP contribution is -2.31. The fraction of sp³-hybridized carbons (Fsp3) is 0.500. The molecule has 1 aromatic carbocycles. The highest BCUT2D eigenvalue weighted by atomic mass is 32.2. The van der Waals surface area contributed by atoms with Gasteiger partial charge in [0.2, 0.25) is 5.91 Å². The molecule has 1 aliphatic rings. The zero-order valence-electron chi connectivity index (χ0n) is 11.6. The molecule has 1 saturated heterocycles. The number of halogens is 3. The first kappa shape index (κ1) is 16.2. The van der Waals surface area contributed by atoms with Gasteiger partial charge in [-0.1, -0.05) is 12.1 Å². The largest absolute Gasteiger partial charge is 0.416 e. The van der Waals surface area contributed by atoms with Gasteiger partial charge in [0.05, 0.1) is 12.1 Å². The SMILES string of the molecule is CSCCCN1C(=O)CNC1c1ccc(C(F)(F)F)cc1. The molecule has 0 aliphatic carbocycles. The first-order valence-corrected chi connectivity index (χ1v) is 8.02. The fourth-order valence-electron chi connectivity index (χ4n) is 2.32. The Hall–Kier alpha value is -1.21. The van der Waals surface area contributed by atoms with Crippen molar-refractivity contribution in [1.82, 2.24) is 10.2 Å². The molecule has 3 nitrogen and oxygen atoms in total. The van der Waals surface area contributed by atoms with Crippen LogP contribution >= 0.6 is 11.8 Å². The topological polar surface area (TPSA) is 32.3 Å². The van der Waals surface area contributed by atoms with Gasteiger partial charge in [0, 0.05) is 6.54 Å². The molecule has 1 N–H and O–H groups in total. The van der Waals surface area contributed by atoms with E-state index in [1.54, 1.807) is 16.7 Å². The lowest BCUT2D eigenvalue weighted by molar-refractivity contribution is -0.137. The highest BCUT2D eigenvalue weighted by molar-refractivity contribution is 7.98. The molecule has 0 saturated carbocycles. The zero-order valence-corrected chi connectivity index (χ0v) is 12.4. The van der Waals surface area contributed by atoms with Gasteiger partial charge < -0.3 is 4.90 Å². The smallest absolute Gasteiger partial charge is 0.322 e. The first-order valence-electron chi connectivity index (χ1n) is 6.62. The van der Waals surface area contributed by atoms with Crippen LogP contribution in [0, 0.1) is 0 Å². The number of benzene rings is 1. The average Bonchev–Trinajstić information content (AvgIpc) is 2.80. The molecular formula is C14H17F3N2OS. The summed E-state index contributed by atoms with van der Waals surface area (Å²) in [7, 11) is 0. The normalized spacial score (nSPS) is 19.3. The van der Waals surface area contributed by atoms with Crippen LogP contribution in [0.15, 0.2) is 24.3 Å². The summed E-state index contributed by atoms with van der Waals surface area (Å²) in [5.41, 5.74) is 0.00232. The molecule has 1 heterocycles. The van der Waals surface area contributed by atoms with Crippen molar-refractivity contribution in [3.63, 3.8) is 0 Å². The van der Waals surface area contributed by atoms with Crippen molar-refractivity contribution < 1.29 is 18.0 Å². The number of rotatable bonds is 5. The monoisotopic (exact) mass is 318 g/mol. The fourth-order valence-corrected chi connectivity index (χ4v) is 2.74. The second kappa shape index (κ2) is 6.70. The Morgan fingerprint density at radius 1 is 1.33 bits per heavy atom. The predicted octanol–water partition coefficient (Wildman–Crippen LogP) is 2.89. The van der Waals surface area contributed by atoms with Gasteiger partial charge in [-0.2, -0.15) is 24.9 Å². The average molecular weight is 318 g/mol. The number of hydrogen-bond acceptors (Lipinski definition) is 3. The van der Waals surface area contributed by atoms with Crippen molar-refractivity contribution in [2.45, 2.75) is 18.8 Å². The van der Waals surface area contributed by atoms with Crippen molar-refractivity contribution >= 4 is 17.7 Å². The highest BCUT2D eigenvalue weighted by Crippen LogP contribution is 2.31. The van der Waals surface area contributed by atoms with Crippen LogP contribution in [0.4, 0.5) is 13.2 Å². The lowest BCUT2D eigenvalue weighted by Gasteiger charge is -2.25. The van der Waals surface area contributed by atoms with Crippen LogP contribution in [0.1, 0.15) is 23.7 Å². The van der Waals surface area contributed by atoms with E-state index in [1.165, 1.54) is 12.1 Å². The van der Waals surface area contributed by atoms with Crippen molar-refractivity contribution in [3.8, 4) is 0 Å². The molecule has 1 unspecified atom stereocenters. The van der Waals surface area contributed by atoms with Crippen LogP contribution < -0.4 is 5.32 Å². The number of nitrogens with one attached hydrogen (secondary N) is 1. The van der Waals surface area contributed by atoms with E-state index < -0.39 is 11.7 Å². The Bertz CT molecular complexity index is 490. The summed E-state index contributed by atoms with van der Waals surface area (Å²) in [4.78, 5) is 13.5. The lowest BCUT2D eigenvalue weighted by atomic mass is 10.1. The number of hydrogen-bond donors (Lipinski definition) is 1. The molecule has 0 bridgehead atoms. The van der Waals surface area contributed by atoms with Gasteiger partial charge in [-0.15, -0.1) is 0 Å². The standard InChI is InChI=1S/C14H17F3N2OS/c1-21-8-2-7-19-12(20)9-18-13(19)10-3-5-11(6-4-10)14(15,16)17/h3-6,13,18H,2,7-9H2,1H3. The summed E-state index contributed by atoms with van der Waals surface area (Å²) in [5, 5.41) is 3.05. The molecule has 1 atom stereocenters. The summed E-state index contributed by atoms with van der Waals surface area (Å²) in [6, 6.07) is 4.97. The van der Waals surface area contributed by atoms with Crippen LogP contribution in [0.5, 0.6) is 0 Å². The van der Waals surface area contributed by atoms with Crippen LogP contribution in [0.3, 0.4) is 0 Å². The third-order valence-corrected chi connectivity index (χ3v) is 4.08. The minimum absolute atomic E-state index is 0.0130. The van der Waals surface area contributed by atoms with Gasteiger partial charge in [-0.3, -0.25) is 10.1 Å². The van der Waals surface area contributed by atoms with E-state index in [9.17, 15) is 18.0 Å². The van der Waals surface area contributed by atoms with E-state index in [0.29, 0.717) is 12.1 Å². The van der Waals surface area contributed by atoms with E-state index in [4.69, 9.17) is 0 Å². The Morgan fingerprint density at radius 2 is 2.00 bits per heavy atom. The molecule has 2 rings (SSSR count). The van der Waals surface area contributed by atoms with E-state index in [-0.39, 0.29) is 18.6 Å². The van der Waals surface area contributed by atoms with Gasteiger partial charge in [0.15, 0.2) is 0 Å². The molecule has 0 aromatic heterocycles. The van der Waals surface area contributed by atoms with Gasteiger partial charge in [0.1, 0.15) is 6.17 Å². The second-order valence-corrected chi connectivity index (χ2v) is 5.82. The quantitative estimate of drug-likeness (QED) is 0.847. The maximum absolute atomic E-state index is 12.6. The summed E-state index contributed by atoms with van der Waals surface area (Å²) < 4.78 is 37.7. The first-order chi connectivity index (χ1) is 9.93. The van der Waals surface area contributed by atoms with Gasteiger partial charge in [0.25, 0.3) is 0 Å². The number of carbonyl (C=O) groups is 1. The molecule has 1 aliphatic heterocycles. The van der Waals surface area contributed by atoms with Crippen molar-refractivity contribution in [1.29, 1.82) is 0 Å². The van der Waals surface area contributed by atoms with Gasteiger partial charge in [-0.05, 0) is 36.1 Å². The maximum atomic E-state index is 12.6. The summed E-state index contributed by atoms with van der Waals surface area (Å²) in [5.74, 6) is 0.935. The molecule has 1 amide bonds. The number of amides is 1. The summed E-state index contributed by atoms with van der Waals surface area (Å²) in [6.45, 7) is 0.837. The Kier molecular flexibility index (Phi) is 5.16. The van der Waals surface area contributed by atoms with Crippen molar-refractivity contribution in [3.05, 3.63) is 35.4 Å². The molecule has 116 valence electrons. The third kappa shape index (κ3) is 3.91. The third-order valence-electron chi connectivity index (χ3n) is 3.38. The minimum Gasteiger partial charge on any atom is -0.322 e.